The second-order valence-corrected chi connectivity index (χ2v) is 13.8. The first-order chi connectivity index (χ1) is 21.5. The van der Waals surface area contributed by atoms with Crippen LogP contribution in [0.2, 0.25) is 0 Å². The predicted molar refractivity (Wildman–Crippen MR) is 167 cm³/mol. The molecule has 2 unspecified atom stereocenters. The summed E-state index contributed by atoms with van der Waals surface area (Å²) in [5.41, 5.74) is 1.19. The molecule has 0 bridgehead atoms. The van der Waals surface area contributed by atoms with Crippen LogP contribution < -0.4 is 15.0 Å². The minimum atomic E-state index is -1.18. The van der Waals surface area contributed by atoms with Crippen LogP contribution in [-0.4, -0.2) is 94.4 Å². The van der Waals surface area contributed by atoms with Gasteiger partial charge >= 0.3 is 12.1 Å². The molecule has 4 heterocycles. The van der Waals surface area contributed by atoms with E-state index in [9.17, 15) is 20.0 Å². The van der Waals surface area contributed by atoms with Crippen molar-refractivity contribution in [1.82, 2.24) is 19.8 Å². The molecule has 1 aliphatic carbocycles. The van der Waals surface area contributed by atoms with Gasteiger partial charge in [-0.25, -0.2) is 4.79 Å². The number of likely N-dealkylation sites (N-methyl/N-ethyl adjacent to an activating group) is 1. The summed E-state index contributed by atoms with van der Waals surface area (Å²) in [6, 6.07) is 9.89. The Balaban J connectivity index is 1.34. The smallest absolute Gasteiger partial charge is 0.410 e. The number of likely N-dealkylation sites (tertiary alicyclic amines) is 1. The quantitative estimate of drug-likeness (QED) is 0.512. The Morgan fingerprint density at radius 2 is 2.00 bits per heavy atom. The van der Waals surface area contributed by atoms with Gasteiger partial charge in [0.2, 0.25) is 5.91 Å². The number of ether oxygens (including phenoxy) is 2. The lowest BCUT2D eigenvalue weighted by molar-refractivity contribution is -0.135. The van der Waals surface area contributed by atoms with E-state index in [0.29, 0.717) is 57.0 Å². The van der Waals surface area contributed by atoms with Crippen LogP contribution in [-0.2, 0) is 22.4 Å². The van der Waals surface area contributed by atoms with Crippen molar-refractivity contribution in [3.05, 3.63) is 41.1 Å². The fourth-order valence-electron chi connectivity index (χ4n) is 7.14. The third-order valence-electron chi connectivity index (χ3n) is 9.64. The molecule has 0 saturated carbocycles. The molecule has 45 heavy (non-hydrogen) atoms. The van der Waals surface area contributed by atoms with Gasteiger partial charge in [-0.2, -0.15) is 15.2 Å². The van der Waals surface area contributed by atoms with Crippen molar-refractivity contribution in [2.75, 3.05) is 50.1 Å². The lowest BCUT2D eigenvalue weighted by Crippen LogP contribution is -2.56. The molecule has 2 saturated heterocycles. The average Bonchev–Trinajstić information content (AvgIpc) is 3.41. The number of anilines is 2. The number of aliphatic hydroxyl groups excluding tert-OH is 1. The third-order valence-corrected chi connectivity index (χ3v) is 9.64. The van der Waals surface area contributed by atoms with Crippen LogP contribution in [0, 0.1) is 16.7 Å². The highest BCUT2D eigenvalue weighted by molar-refractivity contribution is 5.99. The SMILES string of the molecule is CN1CCC[C@H]1COc1nc2c(c(N3CCN(C(=O)OC(C)(C)C)[C@@H](CC#N)C3)n1)CCC1(Cc3ccccc3NC1=O)C2O. The predicted octanol–water partition coefficient (Wildman–Crippen LogP) is 3.45. The van der Waals surface area contributed by atoms with Gasteiger partial charge in [0.1, 0.15) is 24.1 Å². The number of carbonyl (C=O) groups excluding carboxylic acids is 2. The van der Waals surface area contributed by atoms with Gasteiger partial charge in [-0.15, -0.1) is 0 Å². The van der Waals surface area contributed by atoms with Gasteiger partial charge in [-0.1, -0.05) is 18.2 Å². The highest BCUT2D eigenvalue weighted by atomic mass is 16.6. The van der Waals surface area contributed by atoms with Crippen molar-refractivity contribution in [2.45, 2.75) is 83.1 Å². The van der Waals surface area contributed by atoms with Crippen molar-refractivity contribution >= 4 is 23.5 Å². The van der Waals surface area contributed by atoms with Crippen LogP contribution >= 0.6 is 0 Å². The van der Waals surface area contributed by atoms with E-state index in [1.165, 1.54) is 0 Å². The number of hydrogen-bond acceptors (Lipinski definition) is 10. The normalized spacial score (nSPS) is 26.6. The second-order valence-electron chi connectivity index (χ2n) is 13.8. The molecule has 12 heteroatoms. The highest BCUT2D eigenvalue weighted by Gasteiger charge is 2.52. The van der Waals surface area contributed by atoms with Crippen LogP contribution in [0.15, 0.2) is 24.3 Å². The van der Waals surface area contributed by atoms with E-state index in [1.807, 2.05) is 45.0 Å². The van der Waals surface area contributed by atoms with Crippen molar-refractivity contribution in [3.63, 3.8) is 0 Å². The fourth-order valence-corrected chi connectivity index (χ4v) is 7.14. The standard InChI is InChI=1S/C33H43N7O5/c1-32(2,3)45-31(43)40-17-16-39(19-22(40)12-14-34)28-24-11-13-33(18-21-8-5-6-10-25(21)35-29(33)42)27(41)26(24)36-30(37-28)44-20-23-9-7-15-38(23)4/h5-6,8,10,22-23,27,41H,7,9,11-13,15-20H2,1-4H3,(H,35,42)/t22-,23-,27?,33?/m0/s1. The van der Waals surface area contributed by atoms with E-state index in [-0.39, 0.29) is 24.4 Å². The number of fused-ring (bicyclic) bond motifs is 2. The molecule has 3 aliphatic heterocycles. The summed E-state index contributed by atoms with van der Waals surface area (Å²) in [7, 11) is 2.08. The van der Waals surface area contributed by atoms with Gasteiger partial charge in [-0.3, -0.25) is 4.79 Å². The summed E-state index contributed by atoms with van der Waals surface area (Å²) < 4.78 is 11.9. The summed E-state index contributed by atoms with van der Waals surface area (Å²) in [5, 5.41) is 24.7. The molecule has 2 N–H and O–H groups in total. The summed E-state index contributed by atoms with van der Waals surface area (Å²) >= 11 is 0. The summed E-state index contributed by atoms with van der Waals surface area (Å²) in [6.07, 6.45) is 1.93. The first-order valence-electron chi connectivity index (χ1n) is 15.9. The Morgan fingerprint density at radius 3 is 2.73 bits per heavy atom. The fraction of sp³-hybridized carbons (Fsp3) is 0.606. The molecule has 4 atom stereocenters. The number of nitrogens with one attached hydrogen (secondary N) is 1. The number of rotatable bonds is 5. The number of para-hydroxylation sites is 1. The molecule has 2 amide bonds. The molecule has 6 rings (SSSR count). The minimum Gasteiger partial charge on any atom is -0.462 e. The van der Waals surface area contributed by atoms with E-state index in [0.717, 1.165) is 36.2 Å². The first kappa shape index (κ1) is 31.0. The van der Waals surface area contributed by atoms with Gasteiger partial charge in [-0.05, 0) is 78.1 Å². The number of benzene rings is 1. The number of aromatic nitrogens is 2. The van der Waals surface area contributed by atoms with Crippen molar-refractivity contribution in [3.8, 4) is 12.1 Å². The number of nitrogens with zero attached hydrogens (tertiary/aromatic N) is 6. The maximum absolute atomic E-state index is 13.6. The van der Waals surface area contributed by atoms with E-state index in [1.54, 1.807) is 4.90 Å². The van der Waals surface area contributed by atoms with Crippen LogP contribution in [0.5, 0.6) is 6.01 Å². The van der Waals surface area contributed by atoms with Gasteiger partial charge in [0.25, 0.3) is 0 Å². The number of aliphatic hydroxyl groups is 1. The molecule has 2 aromatic rings. The molecule has 1 spiro atoms. The van der Waals surface area contributed by atoms with Crippen LogP contribution in [0.1, 0.15) is 69.4 Å². The largest absolute Gasteiger partial charge is 0.462 e. The third kappa shape index (κ3) is 6.03. The molecule has 0 radical (unpaired) electrons. The summed E-state index contributed by atoms with van der Waals surface area (Å²) in [6.45, 7) is 8.03. The maximum atomic E-state index is 13.6. The molecule has 1 aromatic heterocycles. The number of nitriles is 1. The molecular formula is C33H43N7O5. The van der Waals surface area contributed by atoms with E-state index in [4.69, 9.17) is 19.4 Å². The molecule has 1 aromatic carbocycles. The lowest BCUT2D eigenvalue weighted by Gasteiger charge is -2.45. The maximum Gasteiger partial charge on any atom is 0.410 e. The van der Waals surface area contributed by atoms with Crippen molar-refractivity contribution < 1.29 is 24.2 Å². The first-order valence-corrected chi connectivity index (χ1v) is 15.9. The summed E-state index contributed by atoms with van der Waals surface area (Å²) in [5.74, 6) is 0.404. The Hall–Kier alpha value is -3.95. The molecule has 12 nitrogen and oxygen atoms in total. The van der Waals surface area contributed by atoms with Gasteiger partial charge in [0.05, 0.1) is 29.6 Å². The van der Waals surface area contributed by atoms with Crippen LogP contribution in [0.25, 0.3) is 0 Å². The second kappa shape index (κ2) is 12.1. The van der Waals surface area contributed by atoms with E-state index < -0.39 is 29.3 Å². The van der Waals surface area contributed by atoms with E-state index in [2.05, 4.69) is 28.2 Å². The van der Waals surface area contributed by atoms with Crippen LogP contribution in [0.4, 0.5) is 16.3 Å². The topological polar surface area (TPSA) is 144 Å². The zero-order valence-corrected chi connectivity index (χ0v) is 26.6. The van der Waals surface area contributed by atoms with Gasteiger partial charge in [0.15, 0.2) is 0 Å². The number of piperazine rings is 1. The Kier molecular flexibility index (Phi) is 8.35. The zero-order chi connectivity index (χ0) is 31.9. The van der Waals surface area contributed by atoms with Gasteiger partial charge < -0.3 is 34.6 Å². The molecule has 240 valence electrons. The van der Waals surface area contributed by atoms with E-state index >= 15 is 0 Å². The number of carbonyl (C=O) groups is 2. The minimum absolute atomic E-state index is 0.131. The monoisotopic (exact) mass is 617 g/mol. The zero-order valence-electron chi connectivity index (χ0n) is 26.6. The van der Waals surface area contributed by atoms with Crippen LogP contribution in [0.3, 0.4) is 0 Å². The summed E-state index contributed by atoms with van der Waals surface area (Å²) in [4.78, 5) is 42.3. The molecule has 4 aliphatic rings. The Morgan fingerprint density at radius 1 is 1.20 bits per heavy atom. The van der Waals surface area contributed by atoms with Gasteiger partial charge in [0, 0.05) is 36.9 Å². The number of amides is 2. The number of hydrogen-bond donors (Lipinski definition) is 2. The van der Waals surface area contributed by atoms with Crippen molar-refractivity contribution in [2.24, 2.45) is 5.41 Å². The lowest BCUT2D eigenvalue weighted by atomic mass is 9.65. The molecule has 2 fully saturated rings. The van der Waals surface area contributed by atoms with Crippen molar-refractivity contribution in [1.29, 1.82) is 5.26 Å². The average molecular weight is 618 g/mol. The molecular weight excluding hydrogens is 574 g/mol. The highest BCUT2D eigenvalue weighted by Crippen LogP contribution is 2.51. The Labute approximate surface area is 264 Å². The Bertz CT molecular complexity index is 1500.